The second kappa shape index (κ2) is 11.5. The zero-order valence-electron chi connectivity index (χ0n) is 25.1. The van der Waals surface area contributed by atoms with Crippen molar-refractivity contribution in [3.8, 4) is 33.6 Å². The maximum absolute atomic E-state index is 5.03. The van der Waals surface area contributed by atoms with Gasteiger partial charge in [0.15, 0.2) is 0 Å². The number of dihydropyridines is 1. The van der Waals surface area contributed by atoms with Crippen LogP contribution in [0.2, 0.25) is 0 Å². The summed E-state index contributed by atoms with van der Waals surface area (Å²) in [6.45, 7) is 2.21. The van der Waals surface area contributed by atoms with Gasteiger partial charge < -0.3 is 0 Å². The Labute approximate surface area is 263 Å². The predicted octanol–water partition coefficient (Wildman–Crippen LogP) is 9.87. The van der Waals surface area contributed by atoms with E-state index in [1.54, 1.807) is 0 Å². The van der Waals surface area contributed by atoms with Crippen molar-refractivity contribution in [1.82, 2.24) is 9.97 Å². The molecular weight excluding hydrogens is 548 g/mol. The van der Waals surface area contributed by atoms with E-state index >= 15 is 0 Å². The van der Waals surface area contributed by atoms with E-state index in [9.17, 15) is 0 Å². The molecule has 2 aromatic heterocycles. The average molecular weight is 581 g/mol. The van der Waals surface area contributed by atoms with Gasteiger partial charge in [-0.3, -0.25) is 20.0 Å². The largest absolute Gasteiger partial charge is 0.283 e. The summed E-state index contributed by atoms with van der Waals surface area (Å²) in [5, 5.41) is 4.94. The number of nitrogens with zero attached hydrogens (tertiary/aromatic N) is 4. The van der Waals surface area contributed by atoms with Crippen LogP contribution in [0.4, 0.5) is 0 Å². The molecule has 2 aliphatic rings. The van der Waals surface area contributed by atoms with E-state index in [-0.39, 0.29) is 12.0 Å². The van der Waals surface area contributed by atoms with Crippen LogP contribution >= 0.6 is 0 Å². The van der Waals surface area contributed by atoms with Crippen LogP contribution in [0.3, 0.4) is 0 Å². The Kier molecular flexibility index (Phi) is 6.95. The van der Waals surface area contributed by atoms with Gasteiger partial charge in [0.25, 0.3) is 0 Å². The van der Waals surface area contributed by atoms with Crippen molar-refractivity contribution < 1.29 is 0 Å². The van der Waals surface area contributed by atoms with Gasteiger partial charge in [-0.15, -0.1) is 0 Å². The molecule has 0 bridgehead atoms. The first-order valence-corrected chi connectivity index (χ1v) is 15.6. The van der Waals surface area contributed by atoms with Crippen molar-refractivity contribution in [3.05, 3.63) is 145 Å². The Hall–Kier alpha value is -5.48. The molecule has 4 heteroatoms. The van der Waals surface area contributed by atoms with Crippen molar-refractivity contribution in [2.45, 2.75) is 25.3 Å². The van der Waals surface area contributed by atoms with Gasteiger partial charge >= 0.3 is 0 Å². The fourth-order valence-electron chi connectivity index (χ4n) is 6.82. The van der Waals surface area contributed by atoms with Crippen molar-refractivity contribution in [2.24, 2.45) is 15.9 Å². The minimum Gasteiger partial charge on any atom is -0.283 e. The third-order valence-electron chi connectivity index (χ3n) is 9.06. The van der Waals surface area contributed by atoms with E-state index in [0.29, 0.717) is 5.92 Å². The molecule has 0 N–H and O–H groups in total. The van der Waals surface area contributed by atoms with Crippen LogP contribution < -0.4 is 0 Å². The van der Waals surface area contributed by atoms with Crippen LogP contribution in [0.15, 0.2) is 149 Å². The summed E-state index contributed by atoms with van der Waals surface area (Å²) in [6.07, 6.45) is 15.3. The molecule has 8 rings (SSSR count). The van der Waals surface area contributed by atoms with E-state index in [0.717, 1.165) is 29.1 Å². The highest BCUT2D eigenvalue weighted by Gasteiger charge is 2.26. The van der Waals surface area contributed by atoms with Gasteiger partial charge in [-0.05, 0) is 80.6 Å². The lowest BCUT2D eigenvalue weighted by Crippen LogP contribution is -2.20. The van der Waals surface area contributed by atoms with Gasteiger partial charge in [-0.25, -0.2) is 0 Å². The molecule has 4 aromatic carbocycles. The Balaban J connectivity index is 1.31. The molecule has 45 heavy (non-hydrogen) atoms. The highest BCUT2D eigenvalue weighted by molar-refractivity contribution is 6.17. The molecule has 3 atom stereocenters. The average Bonchev–Trinajstić information content (AvgIpc) is 3.11. The molecule has 0 fully saturated rings. The van der Waals surface area contributed by atoms with E-state index in [1.165, 1.54) is 43.8 Å². The number of aliphatic imine (C=N–C) groups is 2. The predicted molar refractivity (Wildman–Crippen MR) is 188 cm³/mol. The summed E-state index contributed by atoms with van der Waals surface area (Å²) in [7, 11) is 0. The fourth-order valence-corrected chi connectivity index (χ4v) is 6.82. The smallest absolute Gasteiger partial charge is 0.0975 e. The number of hydrogen-bond acceptors (Lipinski definition) is 4. The monoisotopic (exact) mass is 580 g/mol. The Bertz CT molecular complexity index is 2140. The highest BCUT2D eigenvalue weighted by atomic mass is 14.9. The standard InChI is InChI=1S/C41H32N4/c1-27-10-9-23-43-41(27)38-21-18-30(26-45-38)39-32-13-5-6-14-33(32)40(31-17-20-37(44-25-31)36-15-7-8-22-42-36)35-24-29(16-19-34(35)39)28-11-3-2-4-12-28/h2-17,19-27,30,41H,18H2,1H3/t27?,30-,41?/m1/s1. The number of aromatic nitrogens is 2. The molecule has 0 amide bonds. The minimum atomic E-state index is 0.0815. The van der Waals surface area contributed by atoms with Gasteiger partial charge in [0, 0.05) is 42.2 Å². The maximum atomic E-state index is 5.03. The first-order valence-electron chi connectivity index (χ1n) is 15.6. The molecule has 216 valence electrons. The lowest BCUT2D eigenvalue weighted by molar-refractivity contribution is 0.592. The first kappa shape index (κ1) is 27.1. The van der Waals surface area contributed by atoms with Crippen LogP contribution in [-0.2, 0) is 0 Å². The fraction of sp³-hybridized carbons (Fsp3) is 0.122. The van der Waals surface area contributed by atoms with Gasteiger partial charge in [0.05, 0.1) is 23.1 Å². The Morgan fingerprint density at radius 3 is 2.20 bits per heavy atom. The third kappa shape index (κ3) is 4.98. The first-order chi connectivity index (χ1) is 22.2. The number of allylic oxidation sites excluding steroid dienone is 2. The van der Waals surface area contributed by atoms with Gasteiger partial charge in [-0.1, -0.05) is 97.9 Å². The summed E-state index contributed by atoms with van der Waals surface area (Å²) in [5.41, 5.74) is 8.80. The lowest BCUT2D eigenvalue weighted by atomic mass is 9.81. The van der Waals surface area contributed by atoms with Crippen molar-refractivity contribution >= 4 is 34.0 Å². The van der Waals surface area contributed by atoms with Crippen LogP contribution in [-0.4, -0.2) is 28.4 Å². The highest BCUT2D eigenvalue weighted by Crippen LogP contribution is 2.44. The Morgan fingerprint density at radius 2 is 1.44 bits per heavy atom. The van der Waals surface area contributed by atoms with Gasteiger partial charge in [-0.2, -0.15) is 0 Å². The normalized spacial score (nSPS) is 19.2. The van der Waals surface area contributed by atoms with E-state index < -0.39 is 0 Å². The summed E-state index contributed by atoms with van der Waals surface area (Å²) >= 11 is 0. The van der Waals surface area contributed by atoms with E-state index in [2.05, 4.69) is 115 Å². The van der Waals surface area contributed by atoms with Crippen LogP contribution in [0.5, 0.6) is 0 Å². The van der Waals surface area contributed by atoms with Gasteiger partial charge in [0.2, 0.25) is 0 Å². The van der Waals surface area contributed by atoms with Gasteiger partial charge in [0.1, 0.15) is 0 Å². The van der Waals surface area contributed by atoms with Crippen molar-refractivity contribution in [3.63, 3.8) is 0 Å². The summed E-state index contributed by atoms with van der Waals surface area (Å²) in [5.74, 6) is 0.492. The zero-order chi connectivity index (χ0) is 30.2. The minimum absolute atomic E-state index is 0.0815. The molecule has 4 nitrogen and oxygen atoms in total. The second-order valence-corrected chi connectivity index (χ2v) is 11.8. The molecular formula is C41H32N4. The number of hydrogen-bond donors (Lipinski definition) is 0. The zero-order valence-corrected chi connectivity index (χ0v) is 25.1. The Morgan fingerprint density at radius 1 is 0.667 bits per heavy atom. The topological polar surface area (TPSA) is 50.5 Å². The molecule has 0 aliphatic carbocycles. The molecule has 0 radical (unpaired) electrons. The lowest BCUT2D eigenvalue weighted by Gasteiger charge is -2.26. The SMILES string of the molecule is CC1C=CC=NC1C1=CC[C@@H](c2c3ccccc3c(-c3ccc(-c4ccccn4)nc3)c3cc(-c4ccccc4)ccc23)C=N1. The van der Waals surface area contributed by atoms with Crippen LogP contribution in [0.1, 0.15) is 24.8 Å². The molecule has 0 saturated carbocycles. The molecule has 0 saturated heterocycles. The number of benzene rings is 4. The maximum Gasteiger partial charge on any atom is 0.0975 e. The molecule has 6 aromatic rings. The summed E-state index contributed by atoms with van der Waals surface area (Å²) in [4.78, 5) is 19.2. The quantitative estimate of drug-likeness (QED) is 0.191. The second-order valence-electron chi connectivity index (χ2n) is 11.8. The van der Waals surface area contributed by atoms with Crippen molar-refractivity contribution in [1.29, 1.82) is 0 Å². The molecule has 2 aliphatic heterocycles. The number of pyridine rings is 2. The van der Waals surface area contributed by atoms with E-state index in [1.807, 2.05) is 42.9 Å². The molecule has 2 unspecified atom stereocenters. The van der Waals surface area contributed by atoms with Crippen LogP contribution in [0, 0.1) is 5.92 Å². The number of fused-ring (bicyclic) bond motifs is 2. The molecule has 0 spiro atoms. The summed E-state index contributed by atoms with van der Waals surface area (Å²) < 4.78 is 0. The van der Waals surface area contributed by atoms with Crippen molar-refractivity contribution in [2.75, 3.05) is 0 Å². The summed E-state index contributed by atoms with van der Waals surface area (Å²) in [6, 6.07) is 36.6. The van der Waals surface area contributed by atoms with E-state index in [4.69, 9.17) is 15.0 Å². The third-order valence-corrected chi connectivity index (χ3v) is 9.06. The van der Waals surface area contributed by atoms with Crippen LogP contribution in [0.25, 0.3) is 55.2 Å². The number of rotatable bonds is 5. The molecule has 4 heterocycles.